The van der Waals surface area contributed by atoms with Gasteiger partial charge in [0, 0.05) is 31.4 Å². The van der Waals surface area contributed by atoms with E-state index in [1.165, 1.54) is 24.8 Å². The van der Waals surface area contributed by atoms with Crippen LogP contribution in [0.15, 0.2) is 41.2 Å². The molecule has 0 N–H and O–H groups in total. The number of aryl methyl sites for hydroxylation is 2. The number of hydrogen-bond acceptors (Lipinski definition) is 3. The summed E-state index contributed by atoms with van der Waals surface area (Å²) in [4.78, 5) is 19.3. The number of piperidine rings is 1. The first-order chi connectivity index (χ1) is 10.7. The number of hydrogen-bond donors (Lipinski definition) is 0. The van der Waals surface area contributed by atoms with E-state index in [0.29, 0.717) is 6.54 Å². The Balaban J connectivity index is 1.86. The summed E-state index contributed by atoms with van der Waals surface area (Å²) in [7, 11) is 0. The van der Waals surface area contributed by atoms with Gasteiger partial charge in [-0.3, -0.25) is 9.36 Å². The van der Waals surface area contributed by atoms with Crippen molar-refractivity contribution < 1.29 is 0 Å². The van der Waals surface area contributed by atoms with Gasteiger partial charge < -0.3 is 4.90 Å². The van der Waals surface area contributed by atoms with E-state index in [9.17, 15) is 4.79 Å². The molecule has 1 saturated heterocycles. The maximum atomic E-state index is 12.4. The lowest BCUT2D eigenvalue weighted by Gasteiger charge is -2.29. The van der Waals surface area contributed by atoms with Crippen LogP contribution in [-0.2, 0) is 13.0 Å². The average molecular weight is 297 g/mol. The maximum Gasteiger partial charge on any atom is 0.255 e. The van der Waals surface area contributed by atoms with E-state index in [1.807, 2.05) is 29.7 Å². The Labute approximate surface area is 131 Å². The Morgan fingerprint density at radius 3 is 2.55 bits per heavy atom. The number of benzene rings is 1. The van der Waals surface area contributed by atoms with Crippen molar-refractivity contribution in [3.05, 3.63) is 58.0 Å². The summed E-state index contributed by atoms with van der Waals surface area (Å²) in [6, 6.07) is 11.9. The minimum absolute atomic E-state index is 0.0593. The van der Waals surface area contributed by atoms with Gasteiger partial charge in [0.15, 0.2) is 0 Å². The molecule has 0 aliphatic carbocycles. The Bertz CT molecular complexity index is 672. The van der Waals surface area contributed by atoms with E-state index in [-0.39, 0.29) is 5.56 Å². The van der Waals surface area contributed by atoms with E-state index in [2.05, 4.69) is 22.0 Å². The molecule has 1 fully saturated rings. The highest BCUT2D eigenvalue weighted by molar-refractivity contribution is 5.33. The second kappa shape index (κ2) is 6.77. The van der Waals surface area contributed by atoms with Crippen molar-refractivity contribution in [3.8, 4) is 0 Å². The first-order valence-electron chi connectivity index (χ1n) is 8.11. The van der Waals surface area contributed by atoms with Crippen LogP contribution in [-0.4, -0.2) is 22.6 Å². The molecule has 0 atom stereocenters. The van der Waals surface area contributed by atoms with Crippen LogP contribution < -0.4 is 10.5 Å². The summed E-state index contributed by atoms with van der Waals surface area (Å²) >= 11 is 0. The van der Waals surface area contributed by atoms with Gasteiger partial charge in [0.1, 0.15) is 0 Å². The van der Waals surface area contributed by atoms with Crippen LogP contribution in [0.25, 0.3) is 0 Å². The van der Waals surface area contributed by atoms with Crippen LogP contribution in [0.5, 0.6) is 0 Å². The first kappa shape index (κ1) is 14.8. The van der Waals surface area contributed by atoms with E-state index in [0.717, 1.165) is 31.2 Å². The average Bonchev–Trinajstić information content (AvgIpc) is 2.55. The number of rotatable bonds is 4. The molecule has 0 amide bonds. The molecule has 2 aromatic rings. The van der Waals surface area contributed by atoms with Crippen molar-refractivity contribution in [2.45, 2.75) is 39.2 Å². The van der Waals surface area contributed by atoms with Crippen molar-refractivity contribution in [3.63, 3.8) is 0 Å². The predicted octanol–water partition coefficient (Wildman–Crippen LogP) is 2.78. The second-order valence-electron chi connectivity index (χ2n) is 5.97. The molecule has 4 heteroatoms. The van der Waals surface area contributed by atoms with Gasteiger partial charge in [0.2, 0.25) is 5.95 Å². The first-order valence-corrected chi connectivity index (χ1v) is 8.11. The molecule has 1 aliphatic rings. The largest absolute Gasteiger partial charge is 0.342 e. The second-order valence-corrected chi connectivity index (χ2v) is 5.97. The van der Waals surface area contributed by atoms with Gasteiger partial charge in [0.25, 0.3) is 5.56 Å². The maximum absolute atomic E-state index is 12.4. The van der Waals surface area contributed by atoms with E-state index < -0.39 is 0 Å². The van der Waals surface area contributed by atoms with Crippen LogP contribution in [0, 0.1) is 6.92 Å². The van der Waals surface area contributed by atoms with E-state index in [4.69, 9.17) is 0 Å². The molecule has 116 valence electrons. The highest BCUT2D eigenvalue weighted by Crippen LogP contribution is 2.17. The Kier molecular flexibility index (Phi) is 4.56. The zero-order chi connectivity index (χ0) is 15.4. The lowest BCUT2D eigenvalue weighted by Crippen LogP contribution is -2.36. The minimum Gasteiger partial charge on any atom is -0.342 e. The lowest BCUT2D eigenvalue weighted by molar-refractivity contribution is 0.541. The van der Waals surface area contributed by atoms with E-state index in [1.54, 1.807) is 6.07 Å². The summed E-state index contributed by atoms with van der Waals surface area (Å²) in [6.07, 6.45) is 4.49. The van der Waals surface area contributed by atoms with E-state index >= 15 is 0 Å². The molecular weight excluding hydrogens is 274 g/mol. The summed E-state index contributed by atoms with van der Waals surface area (Å²) in [5.41, 5.74) is 2.12. The Hall–Kier alpha value is -2.10. The monoisotopic (exact) mass is 297 g/mol. The summed E-state index contributed by atoms with van der Waals surface area (Å²) < 4.78 is 1.84. The summed E-state index contributed by atoms with van der Waals surface area (Å²) in [5.74, 6) is 0.848. The van der Waals surface area contributed by atoms with Gasteiger partial charge in [-0.1, -0.05) is 30.3 Å². The van der Waals surface area contributed by atoms with Gasteiger partial charge >= 0.3 is 0 Å². The molecular formula is C18H23N3O. The fourth-order valence-electron chi connectivity index (χ4n) is 3.04. The Morgan fingerprint density at radius 1 is 1.09 bits per heavy atom. The quantitative estimate of drug-likeness (QED) is 0.871. The van der Waals surface area contributed by atoms with Gasteiger partial charge in [0.05, 0.1) is 0 Å². The van der Waals surface area contributed by atoms with Crippen LogP contribution in [0.2, 0.25) is 0 Å². The Morgan fingerprint density at radius 2 is 1.82 bits per heavy atom. The van der Waals surface area contributed by atoms with Gasteiger partial charge in [-0.15, -0.1) is 0 Å². The molecule has 1 aromatic heterocycles. The SMILES string of the molecule is Cc1cc(=O)n(CCc2ccccc2)c(N2CCCCC2)n1. The molecule has 0 saturated carbocycles. The van der Waals surface area contributed by atoms with Crippen molar-refractivity contribution in [2.75, 3.05) is 18.0 Å². The van der Waals surface area contributed by atoms with Gasteiger partial charge in [-0.25, -0.2) is 4.98 Å². The minimum atomic E-state index is 0.0593. The molecule has 2 heterocycles. The normalized spacial score (nSPS) is 15.0. The molecule has 4 nitrogen and oxygen atoms in total. The fraction of sp³-hybridized carbons (Fsp3) is 0.444. The lowest BCUT2D eigenvalue weighted by atomic mass is 10.1. The third-order valence-corrected chi connectivity index (χ3v) is 4.22. The third-order valence-electron chi connectivity index (χ3n) is 4.22. The van der Waals surface area contributed by atoms with Crippen LogP contribution in [0.3, 0.4) is 0 Å². The highest BCUT2D eigenvalue weighted by Gasteiger charge is 2.17. The number of nitrogens with zero attached hydrogens (tertiary/aromatic N) is 3. The van der Waals surface area contributed by atoms with Crippen molar-refractivity contribution >= 4 is 5.95 Å². The molecule has 0 unspecified atom stereocenters. The zero-order valence-corrected chi connectivity index (χ0v) is 13.2. The molecule has 1 aliphatic heterocycles. The predicted molar refractivity (Wildman–Crippen MR) is 89.4 cm³/mol. The van der Waals surface area contributed by atoms with Crippen molar-refractivity contribution in [1.82, 2.24) is 9.55 Å². The summed E-state index contributed by atoms with van der Waals surface area (Å²) in [5, 5.41) is 0. The van der Waals surface area contributed by atoms with Crippen molar-refractivity contribution in [1.29, 1.82) is 0 Å². The fourth-order valence-corrected chi connectivity index (χ4v) is 3.04. The molecule has 0 radical (unpaired) electrons. The zero-order valence-electron chi connectivity index (χ0n) is 13.2. The third kappa shape index (κ3) is 3.38. The summed E-state index contributed by atoms with van der Waals surface area (Å²) in [6.45, 7) is 4.58. The highest BCUT2D eigenvalue weighted by atomic mass is 16.1. The topological polar surface area (TPSA) is 38.1 Å². The van der Waals surface area contributed by atoms with Gasteiger partial charge in [-0.05, 0) is 38.2 Å². The molecule has 1 aromatic carbocycles. The number of anilines is 1. The van der Waals surface area contributed by atoms with Gasteiger partial charge in [-0.2, -0.15) is 0 Å². The molecule has 0 bridgehead atoms. The van der Waals surface area contributed by atoms with Crippen LogP contribution >= 0.6 is 0 Å². The molecule has 22 heavy (non-hydrogen) atoms. The van der Waals surface area contributed by atoms with Crippen LogP contribution in [0.1, 0.15) is 30.5 Å². The van der Waals surface area contributed by atoms with Crippen molar-refractivity contribution in [2.24, 2.45) is 0 Å². The van der Waals surface area contributed by atoms with Crippen LogP contribution in [0.4, 0.5) is 5.95 Å². The smallest absolute Gasteiger partial charge is 0.255 e. The molecule has 0 spiro atoms. The standard InChI is InChI=1S/C18H23N3O/c1-15-14-17(22)21(13-10-16-8-4-2-5-9-16)18(19-15)20-11-6-3-7-12-20/h2,4-5,8-9,14H,3,6-7,10-13H2,1H3. The number of aromatic nitrogens is 2. The molecule has 3 rings (SSSR count).